The lowest BCUT2D eigenvalue weighted by Gasteiger charge is -2.29. The Morgan fingerprint density at radius 2 is 1.30 bits per heavy atom. The quantitative estimate of drug-likeness (QED) is 0.0327. The zero-order valence-corrected chi connectivity index (χ0v) is 24.5. The van der Waals surface area contributed by atoms with Crippen molar-refractivity contribution in [2.24, 2.45) is 0 Å². The second-order valence-electron chi connectivity index (χ2n) is 9.07. The highest BCUT2D eigenvalue weighted by atomic mass is 32.2. The average Bonchev–Trinajstić information content (AvgIpc) is 2.93. The van der Waals surface area contributed by atoms with Gasteiger partial charge in [-0.15, -0.1) is 11.8 Å². The first-order chi connectivity index (χ1) is 20.3. The molecule has 0 aliphatic rings. The van der Waals surface area contributed by atoms with Crippen molar-refractivity contribution in [2.75, 3.05) is 57.8 Å². The molecule has 0 aromatic carbocycles. The average molecular weight is 637 g/mol. The Balaban J connectivity index is 5.03. The van der Waals surface area contributed by atoms with E-state index in [0.29, 0.717) is 6.29 Å². The SMILES string of the molecule is CNC(=O)CSC[C@@H](C=O)NC(=O)CC[C@H](NC(=O)CCC(C(=O)O)N(CCNCC(=O)O)CCNCC(=O)O)C(=O)O. The number of thioether (sulfide) groups is 1. The Hall–Kier alpha value is -3.81. The molecule has 9 N–H and O–H groups in total. The van der Waals surface area contributed by atoms with Crippen LogP contribution in [0.2, 0.25) is 0 Å². The van der Waals surface area contributed by atoms with Crippen LogP contribution in [0, 0.1) is 0 Å². The predicted molar refractivity (Wildman–Crippen MR) is 151 cm³/mol. The lowest BCUT2D eigenvalue weighted by Crippen LogP contribution is -2.48. The summed E-state index contributed by atoms with van der Waals surface area (Å²) in [6.07, 6.45) is -0.828. The molecule has 18 nitrogen and oxygen atoms in total. The van der Waals surface area contributed by atoms with E-state index in [1.807, 2.05) is 0 Å². The highest BCUT2D eigenvalue weighted by molar-refractivity contribution is 8.00. The van der Waals surface area contributed by atoms with E-state index in [-0.39, 0.29) is 75.9 Å². The molecule has 0 saturated carbocycles. The molecule has 0 aliphatic heterocycles. The molecule has 0 bridgehead atoms. The number of aldehydes is 1. The van der Waals surface area contributed by atoms with E-state index in [0.717, 1.165) is 11.8 Å². The summed E-state index contributed by atoms with van der Waals surface area (Å²) < 4.78 is 0. The predicted octanol–water partition coefficient (Wildman–Crippen LogP) is -3.62. The van der Waals surface area contributed by atoms with Gasteiger partial charge in [0.2, 0.25) is 17.7 Å². The van der Waals surface area contributed by atoms with Crippen LogP contribution < -0.4 is 26.6 Å². The monoisotopic (exact) mass is 636 g/mol. The molecule has 3 atom stereocenters. The van der Waals surface area contributed by atoms with E-state index in [4.69, 9.17) is 10.2 Å². The number of carbonyl (C=O) groups excluding carboxylic acids is 4. The van der Waals surface area contributed by atoms with Crippen LogP contribution in [0.25, 0.3) is 0 Å². The maximum absolute atomic E-state index is 12.5. The van der Waals surface area contributed by atoms with Gasteiger partial charge >= 0.3 is 23.9 Å². The number of hydrogen-bond donors (Lipinski definition) is 9. The van der Waals surface area contributed by atoms with E-state index in [1.165, 1.54) is 11.9 Å². The van der Waals surface area contributed by atoms with Gasteiger partial charge in [-0.05, 0) is 12.8 Å². The van der Waals surface area contributed by atoms with Gasteiger partial charge in [0, 0.05) is 51.8 Å². The number of hydrogen-bond acceptors (Lipinski definition) is 12. The van der Waals surface area contributed by atoms with Crippen LogP contribution in [0.1, 0.15) is 25.7 Å². The van der Waals surface area contributed by atoms with Gasteiger partial charge < -0.3 is 51.8 Å². The van der Waals surface area contributed by atoms with E-state index in [1.54, 1.807) is 0 Å². The fraction of sp³-hybridized carbons (Fsp3) is 0.667. The topological polar surface area (TPSA) is 281 Å². The molecular formula is C24H40N6O12S. The smallest absolute Gasteiger partial charge is 0.326 e. The van der Waals surface area contributed by atoms with Gasteiger partial charge in [0.05, 0.1) is 24.9 Å². The third-order valence-corrected chi connectivity index (χ3v) is 6.75. The van der Waals surface area contributed by atoms with Crippen molar-refractivity contribution in [3.63, 3.8) is 0 Å². The number of amides is 3. The van der Waals surface area contributed by atoms with Gasteiger partial charge in [-0.2, -0.15) is 0 Å². The summed E-state index contributed by atoms with van der Waals surface area (Å²) in [6, 6.07) is -3.62. The number of rotatable bonds is 26. The number of nitrogens with one attached hydrogen (secondary N) is 5. The summed E-state index contributed by atoms with van der Waals surface area (Å²) in [5.41, 5.74) is 0. The van der Waals surface area contributed by atoms with Crippen LogP contribution in [0.15, 0.2) is 0 Å². The zero-order chi connectivity index (χ0) is 32.8. The molecule has 43 heavy (non-hydrogen) atoms. The second-order valence-corrected chi connectivity index (χ2v) is 10.1. The lowest BCUT2D eigenvalue weighted by atomic mass is 10.1. The highest BCUT2D eigenvalue weighted by Crippen LogP contribution is 2.09. The number of aliphatic carboxylic acids is 4. The van der Waals surface area contributed by atoms with Gasteiger partial charge in [-0.3, -0.25) is 33.7 Å². The van der Waals surface area contributed by atoms with Crippen molar-refractivity contribution in [3.8, 4) is 0 Å². The summed E-state index contributed by atoms with van der Waals surface area (Å²) in [5.74, 6) is -6.46. The first-order valence-electron chi connectivity index (χ1n) is 13.2. The fourth-order valence-corrected chi connectivity index (χ4v) is 4.40. The standard InChI is InChI=1S/C24H40N6O12S/c1-25-20(34)14-43-13-15(12-31)28-18(32)4-2-16(23(39)40)29-19(33)5-3-17(24(41)42)30(8-6-26-10-21(35)36)9-7-27-11-22(37)38/h12,15-17,26-27H,2-11,13-14H2,1H3,(H,25,34)(H,28,32)(H,29,33)(H,35,36)(H,37,38)(H,39,40)(H,41,42)/t15-,16+,17?/m1/s1. The Morgan fingerprint density at radius 3 is 1.77 bits per heavy atom. The minimum Gasteiger partial charge on any atom is -0.480 e. The third-order valence-electron chi connectivity index (χ3n) is 5.69. The minimum absolute atomic E-state index is 0.0551. The third kappa shape index (κ3) is 19.9. The van der Waals surface area contributed by atoms with Gasteiger partial charge in [-0.1, -0.05) is 0 Å². The Morgan fingerprint density at radius 1 is 0.767 bits per heavy atom. The highest BCUT2D eigenvalue weighted by Gasteiger charge is 2.27. The molecule has 0 aromatic heterocycles. The van der Waals surface area contributed by atoms with Gasteiger partial charge in [-0.25, -0.2) is 4.79 Å². The van der Waals surface area contributed by atoms with E-state index >= 15 is 0 Å². The number of carbonyl (C=O) groups is 8. The molecule has 19 heteroatoms. The summed E-state index contributed by atoms with van der Waals surface area (Å²) in [4.78, 5) is 93.7. The fourth-order valence-electron chi connectivity index (χ4n) is 3.53. The molecule has 0 spiro atoms. The minimum atomic E-state index is -1.48. The van der Waals surface area contributed by atoms with Crippen molar-refractivity contribution < 1.29 is 58.8 Å². The van der Waals surface area contributed by atoms with Crippen LogP contribution in [0.5, 0.6) is 0 Å². The number of carboxylic acids is 4. The van der Waals surface area contributed by atoms with Crippen molar-refractivity contribution >= 4 is 59.6 Å². The van der Waals surface area contributed by atoms with Crippen LogP contribution in [0.4, 0.5) is 0 Å². The van der Waals surface area contributed by atoms with Gasteiger partial charge in [0.25, 0.3) is 0 Å². The Kier molecular flexibility index (Phi) is 20.7. The van der Waals surface area contributed by atoms with Crippen LogP contribution in [-0.4, -0.2) is 149 Å². The maximum atomic E-state index is 12.5. The molecule has 0 aliphatic carbocycles. The molecule has 0 rings (SSSR count). The van der Waals surface area contributed by atoms with Crippen LogP contribution in [0.3, 0.4) is 0 Å². The molecule has 0 saturated heterocycles. The van der Waals surface area contributed by atoms with E-state index in [9.17, 15) is 48.6 Å². The van der Waals surface area contributed by atoms with Crippen molar-refractivity contribution in [3.05, 3.63) is 0 Å². The normalized spacial score (nSPS) is 12.9. The van der Waals surface area contributed by atoms with Crippen molar-refractivity contribution in [1.82, 2.24) is 31.5 Å². The van der Waals surface area contributed by atoms with Crippen LogP contribution >= 0.6 is 11.8 Å². The number of nitrogens with zero attached hydrogens (tertiary/aromatic N) is 1. The molecule has 244 valence electrons. The lowest BCUT2D eigenvalue weighted by molar-refractivity contribution is -0.145. The summed E-state index contributed by atoms with van der Waals surface area (Å²) >= 11 is 1.11. The molecule has 0 radical (unpaired) electrons. The number of carboxylic acid groups (broad SMARTS) is 4. The molecular weight excluding hydrogens is 596 g/mol. The summed E-state index contributed by atoms with van der Waals surface area (Å²) in [7, 11) is 1.45. The first kappa shape index (κ1) is 39.2. The second kappa shape index (κ2) is 22.7. The van der Waals surface area contributed by atoms with E-state index in [2.05, 4.69) is 26.6 Å². The maximum Gasteiger partial charge on any atom is 0.326 e. The largest absolute Gasteiger partial charge is 0.480 e. The van der Waals surface area contributed by atoms with Crippen LogP contribution in [-0.2, 0) is 38.4 Å². The summed E-state index contributed by atoms with van der Waals surface area (Å²) in [5, 5.41) is 49.1. The van der Waals surface area contributed by atoms with E-state index < -0.39 is 60.2 Å². The van der Waals surface area contributed by atoms with Crippen molar-refractivity contribution in [2.45, 2.75) is 43.8 Å². The zero-order valence-electron chi connectivity index (χ0n) is 23.7. The van der Waals surface area contributed by atoms with Gasteiger partial charge in [0.1, 0.15) is 18.4 Å². The Labute approximate surface area is 251 Å². The summed E-state index contributed by atoms with van der Waals surface area (Å²) in [6.45, 7) is -0.456. The molecule has 1 unspecified atom stereocenters. The van der Waals surface area contributed by atoms with Gasteiger partial charge in [0.15, 0.2) is 0 Å². The Bertz CT molecular complexity index is 947. The molecule has 0 aromatic rings. The molecule has 0 heterocycles. The molecule has 0 fully saturated rings. The van der Waals surface area contributed by atoms with Crippen molar-refractivity contribution in [1.29, 1.82) is 0 Å². The molecule has 3 amide bonds. The first-order valence-corrected chi connectivity index (χ1v) is 14.3.